The standard InChI is InChI=1S/C8H7ClN4O2S/c1-12-3-2-6(14)13(8(12)15)4-5-7(9)16-11-10-5/h2-3H,4H2,1H3. The Balaban J connectivity index is 2.51. The molecule has 0 aliphatic rings. The van der Waals surface area contributed by atoms with Gasteiger partial charge in [-0.15, -0.1) is 5.10 Å². The molecule has 0 bridgehead atoms. The summed E-state index contributed by atoms with van der Waals surface area (Å²) in [5.41, 5.74) is -0.360. The predicted molar refractivity (Wildman–Crippen MR) is 60.0 cm³/mol. The topological polar surface area (TPSA) is 69.8 Å². The van der Waals surface area contributed by atoms with E-state index in [4.69, 9.17) is 11.6 Å². The van der Waals surface area contributed by atoms with E-state index in [2.05, 4.69) is 9.59 Å². The maximum absolute atomic E-state index is 11.7. The van der Waals surface area contributed by atoms with Crippen molar-refractivity contribution in [2.45, 2.75) is 6.54 Å². The third-order valence-electron chi connectivity index (χ3n) is 2.06. The van der Waals surface area contributed by atoms with Crippen molar-refractivity contribution in [3.8, 4) is 0 Å². The van der Waals surface area contributed by atoms with Crippen LogP contribution in [0.5, 0.6) is 0 Å². The van der Waals surface area contributed by atoms with Crippen LogP contribution in [0.4, 0.5) is 0 Å². The minimum absolute atomic E-state index is 0.0433. The van der Waals surface area contributed by atoms with Crippen LogP contribution in [0.3, 0.4) is 0 Å². The Hall–Kier alpha value is -1.47. The van der Waals surface area contributed by atoms with E-state index in [0.29, 0.717) is 10.0 Å². The van der Waals surface area contributed by atoms with Crippen LogP contribution in [-0.2, 0) is 13.6 Å². The van der Waals surface area contributed by atoms with Crippen molar-refractivity contribution in [3.05, 3.63) is 43.1 Å². The summed E-state index contributed by atoms with van der Waals surface area (Å²) < 4.78 is 6.39. The summed E-state index contributed by atoms with van der Waals surface area (Å²) in [6.07, 6.45) is 1.42. The molecule has 16 heavy (non-hydrogen) atoms. The Bertz CT molecular complexity index is 629. The van der Waals surface area contributed by atoms with Crippen molar-refractivity contribution < 1.29 is 0 Å². The van der Waals surface area contributed by atoms with Crippen LogP contribution in [0.15, 0.2) is 21.9 Å². The minimum atomic E-state index is -0.406. The van der Waals surface area contributed by atoms with E-state index in [-0.39, 0.29) is 12.1 Å². The number of nitrogens with zero attached hydrogens (tertiary/aromatic N) is 4. The number of rotatable bonds is 2. The van der Waals surface area contributed by atoms with Crippen molar-refractivity contribution >= 4 is 23.1 Å². The molecule has 0 aliphatic carbocycles. The molecule has 84 valence electrons. The van der Waals surface area contributed by atoms with E-state index in [0.717, 1.165) is 16.1 Å². The summed E-state index contributed by atoms with van der Waals surface area (Å²) in [4.78, 5) is 23.2. The average Bonchev–Trinajstić information content (AvgIpc) is 2.65. The predicted octanol–water partition coefficient (Wildman–Crippen LogP) is 0.100. The molecule has 0 saturated carbocycles. The van der Waals surface area contributed by atoms with Gasteiger partial charge in [0.2, 0.25) is 0 Å². The van der Waals surface area contributed by atoms with Crippen LogP contribution in [0.2, 0.25) is 4.34 Å². The summed E-state index contributed by atoms with van der Waals surface area (Å²) in [7, 11) is 1.57. The van der Waals surface area contributed by atoms with E-state index in [1.165, 1.54) is 16.8 Å². The van der Waals surface area contributed by atoms with Gasteiger partial charge >= 0.3 is 5.69 Å². The molecular weight excluding hydrogens is 252 g/mol. The summed E-state index contributed by atoms with van der Waals surface area (Å²) >= 11 is 6.82. The Morgan fingerprint density at radius 1 is 1.50 bits per heavy atom. The van der Waals surface area contributed by atoms with Crippen molar-refractivity contribution in [1.82, 2.24) is 18.7 Å². The summed E-state index contributed by atoms with van der Waals surface area (Å²) in [5.74, 6) is 0. The van der Waals surface area contributed by atoms with E-state index in [1.807, 2.05) is 0 Å². The van der Waals surface area contributed by atoms with Crippen LogP contribution in [0.1, 0.15) is 5.69 Å². The van der Waals surface area contributed by atoms with Gasteiger partial charge in [0.05, 0.1) is 6.54 Å². The molecule has 0 N–H and O–H groups in total. The first-order valence-corrected chi connectivity index (χ1v) is 5.48. The Morgan fingerprint density at radius 2 is 2.25 bits per heavy atom. The fourth-order valence-corrected chi connectivity index (χ4v) is 1.81. The summed E-state index contributed by atoms with van der Waals surface area (Å²) in [6, 6.07) is 1.31. The summed E-state index contributed by atoms with van der Waals surface area (Å²) in [5, 5.41) is 3.75. The van der Waals surface area contributed by atoms with Gasteiger partial charge in [0, 0.05) is 30.8 Å². The van der Waals surface area contributed by atoms with Gasteiger partial charge in [0.25, 0.3) is 5.56 Å². The van der Waals surface area contributed by atoms with Gasteiger partial charge in [-0.05, 0) is 0 Å². The number of hydrogen-bond donors (Lipinski definition) is 0. The van der Waals surface area contributed by atoms with Gasteiger partial charge in [-0.1, -0.05) is 16.1 Å². The quantitative estimate of drug-likeness (QED) is 0.766. The molecule has 0 amide bonds. The SMILES string of the molecule is Cn1ccc(=O)n(Cc2nnsc2Cl)c1=O. The van der Waals surface area contributed by atoms with Crippen molar-refractivity contribution in [2.24, 2.45) is 7.05 Å². The van der Waals surface area contributed by atoms with Crippen molar-refractivity contribution in [2.75, 3.05) is 0 Å². The highest BCUT2D eigenvalue weighted by Gasteiger charge is 2.09. The van der Waals surface area contributed by atoms with Gasteiger partial charge in [-0.3, -0.25) is 9.36 Å². The molecule has 6 nitrogen and oxygen atoms in total. The zero-order chi connectivity index (χ0) is 11.7. The zero-order valence-corrected chi connectivity index (χ0v) is 9.83. The van der Waals surface area contributed by atoms with Crippen LogP contribution < -0.4 is 11.2 Å². The molecule has 0 unspecified atom stereocenters. The van der Waals surface area contributed by atoms with Gasteiger partial charge in [0.15, 0.2) is 0 Å². The highest BCUT2D eigenvalue weighted by Crippen LogP contribution is 2.16. The third kappa shape index (κ3) is 1.91. The number of aryl methyl sites for hydroxylation is 1. The maximum atomic E-state index is 11.7. The average molecular weight is 259 g/mol. The fourth-order valence-electron chi connectivity index (χ4n) is 1.20. The molecule has 0 aromatic carbocycles. The molecule has 2 aromatic heterocycles. The first kappa shape index (κ1) is 11.0. The minimum Gasteiger partial charge on any atom is -0.303 e. The highest BCUT2D eigenvalue weighted by molar-refractivity contribution is 7.10. The molecule has 2 aromatic rings. The molecular formula is C8H7ClN4O2S. The maximum Gasteiger partial charge on any atom is 0.331 e. The van der Waals surface area contributed by atoms with E-state index >= 15 is 0 Å². The lowest BCUT2D eigenvalue weighted by molar-refractivity contribution is 0.630. The smallest absolute Gasteiger partial charge is 0.303 e. The van der Waals surface area contributed by atoms with E-state index < -0.39 is 5.69 Å². The van der Waals surface area contributed by atoms with Crippen molar-refractivity contribution in [3.63, 3.8) is 0 Å². The second-order valence-corrected chi connectivity index (χ2v) is 4.48. The van der Waals surface area contributed by atoms with Crippen molar-refractivity contribution in [1.29, 1.82) is 0 Å². The second-order valence-electron chi connectivity index (χ2n) is 3.13. The highest BCUT2D eigenvalue weighted by atomic mass is 35.5. The third-order valence-corrected chi connectivity index (χ3v) is 3.04. The molecule has 2 rings (SSSR count). The largest absolute Gasteiger partial charge is 0.331 e. The molecule has 8 heteroatoms. The Kier molecular flexibility index (Phi) is 2.88. The van der Waals surface area contributed by atoms with Crippen LogP contribution in [0, 0.1) is 0 Å². The fraction of sp³-hybridized carbons (Fsp3) is 0.250. The zero-order valence-electron chi connectivity index (χ0n) is 8.25. The van der Waals surface area contributed by atoms with Gasteiger partial charge in [0.1, 0.15) is 10.0 Å². The van der Waals surface area contributed by atoms with Crippen LogP contribution in [-0.4, -0.2) is 18.7 Å². The summed E-state index contributed by atoms with van der Waals surface area (Å²) in [6.45, 7) is 0.0433. The van der Waals surface area contributed by atoms with Gasteiger partial charge < -0.3 is 4.57 Å². The van der Waals surface area contributed by atoms with Crippen LogP contribution >= 0.6 is 23.1 Å². The number of hydrogen-bond acceptors (Lipinski definition) is 5. The first-order chi connectivity index (χ1) is 7.59. The molecule has 0 spiro atoms. The van der Waals surface area contributed by atoms with E-state index in [9.17, 15) is 9.59 Å². The number of halogens is 1. The monoisotopic (exact) mass is 258 g/mol. The molecule has 0 saturated heterocycles. The Labute approximate surface area is 98.9 Å². The molecule has 2 heterocycles. The van der Waals surface area contributed by atoms with Gasteiger partial charge in [-0.25, -0.2) is 4.79 Å². The number of aromatic nitrogens is 4. The Morgan fingerprint density at radius 3 is 2.88 bits per heavy atom. The molecule has 0 aliphatic heterocycles. The normalized spacial score (nSPS) is 10.6. The second kappa shape index (κ2) is 4.18. The molecule has 0 radical (unpaired) electrons. The molecule has 0 fully saturated rings. The van der Waals surface area contributed by atoms with E-state index in [1.54, 1.807) is 7.05 Å². The van der Waals surface area contributed by atoms with Gasteiger partial charge in [-0.2, -0.15) is 0 Å². The lowest BCUT2D eigenvalue weighted by Gasteiger charge is -2.03. The molecule has 0 atom stereocenters. The first-order valence-electron chi connectivity index (χ1n) is 4.33. The van der Waals surface area contributed by atoms with Crippen LogP contribution in [0.25, 0.3) is 0 Å². The lowest BCUT2D eigenvalue weighted by Crippen LogP contribution is -2.38. The lowest BCUT2D eigenvalue weighted by atomic mass is 10.4.